The number of benzene rings is 2. The summed E-state index contributed by atoms with van der Waals surface area (Å²) in [4.78, 5) is 24.0. The molecule has 3 rings (SSSR count). The number of Topliss-reactive ketones (excluding diaryl/α,β-unsaturated/α-hetero) is 1. The fourth-order valence-corrected chi connectivity index (χ4v) is 5.55. The fourth-order valence-electron chi connectivity index (χ4n) is 5.55. The molecule has 10 heteroatoms. The Labute approximate surface area is 234 Å². The van der Waals surface area contributed by atoms with E-state index in [4.69, 9.17) is 9.47 Å². The minimum Gasteiger partial charge on any atom is -0.506 e. The van der Waals surface area contributed by atoms with Gasteiger partial charge in [-0.2, -0.15) is 0 Å². The number of ether oxygens (including phenoxy) is 2. The number of fused-ring (bicyclic) bond motifs is 1. The maximum Gasteiger partial charge on any atom is 0.335 e. The number of ketones is 1. The molecule has 6 N–H and O–H groups in total. The summed E-state index contributed by atoms with van der Waals surface area (Å²) in [6.07, 6.45) is -0.487. The molecule has 1 heterocycles. The van der Waals surface area contributed by atoms with Crippen LogP contribution >= 0.6 is 0 Å². The SMILES string of the molecule is CCCCCC[C@H](C)CC[C@@]1(O)[C@H](O)[C@@H](O)[C@H](Oc2cc(C(=O)O)cc3cc(C)c(C(C)=O)c(O)c23)O[C@@H]1CO. The van der Waals surface area contributed by atoms with Crippen LogP contribution in [0.25, 0.3) is 10.8 Å². The quantitative estimate of drug-likeness (QED) is 0.156. The molecule has 2 aromatic carbocycles. The molecule has 2 aromatic rings. The molecule has 0 amide bonds. The minimum atomic E-state index is -1.96. The van der Waals surface area contributed by atoms with Gasteiger partial charge in [-0.3, -0.25) is 4.79 Å². The van der Waals surface area contributed by atoms with Crippen molar-refractivity contribution in [2.45, 2.75) is 103 Å². The molecule has 40 heavy (non-hydrogen) atoms. The lowest BCUT2D eigenvalue weighted by molar-refractivity contribution is -0.315. The number of hydrogen-bond acceptors (Lipinski definition) is 9. The van der Waals surface area contributed by atoms with Gasteiger partial charge in [0.05, 0.1) is 23.1 Å². The molecule has 0 bridgehead atoms. The van der Waals surface area contributed by atoms with E-state index in [0.717, 1.165) is 38.2 Å². The second kappa shape index (κ2) is 13.3. The van der Waals surface area contributed by atoms with E-state index >= 15 is 0 Å². The smallest absolute Gasteiger partial charge is 0.335 e. The molecule has 0 unspecified atom stereocenters. The van der Waals surface area contributed by atoms with Crippen LogP contribution in [0.2, 0.25) is 0 Å². The first-order valence-corrected chi connectivity index (χ1v) is 13.9. The molecule has 6 atom stereocenters. The average Bonchev–Trinajstić information content (AvgIpc) is 2.89. The lowest BCUT2D eigenvalue weighted by Crippen LogP contribution is -2.67. The maximum atomic E-state index is 12.2. The maximum absolute atomic E-state index is 12.2. The van der Waals surface area contributed by atoms with E-state index in [1.807, 2.05) is 6.92 Å². The van der Waals surface area contributed by atoms with Crippen LogP contribution in [0.1, 0.15) is 92.0 Å². The number of unbranched alkanes of at least 4 members (excludes halogenated alkanes) is 3. The Bertz CT molecular complexity index is 1210. The number of phenols is 1. The molecule has 1 saturated heterocycles. The van der Waals surface area contributed by atoms with Crippen molar-refractivity contribution in [3.8, 4) is 11.5 Å². The number of rotatable bonds is 13. The van der Waals surface area contributed by atoms with Crippen LogP contribution < -0.4 is 4.74 Å². The third kappa shape index (κ3) is 6.58. The van der Waals surface area contributed by atoms with Crippen LogP contribution in [0.5, 0.6) is 11.5 Å². The Morgan fingerprint density at radius 2 is 1.82 bits per heavy atom. The lowest BCUT2D eigenvalue weighted by atomic mass is 9.78. The zero-order valence-electron chi connectivity index (χ0n) is 23.6. The van der Waals surface area contributed by atoms with Gasteiger partial charge in [0, 0.05) is 0 Å². The summed E-state index contributed by atoms with van der Waals surface area (Å²) in [5, 5.41) is 64.3. The van der Waals surface area contributed by atoms with Gasteiger partial charge in [0.1, 0.15) is 35.4 Å². The molecular weight excluding hydrogens is 520 g/mol. The van der Waals surface area contributed by atoms with Crippen LogP contribution in [0.4, 0.5) is 0 Å². The Morgan fingerprint density at radius 1 is 1.12 bits per heavy atom. The summed E-state index contributed by atoms with van der Waals surface area (Å²) in [7, 11) is 0. The number of carboxylic acid groups (broad SMARTS) is 1. The highest BCUT2D eigenvalue weighted by atomic mass is 16.7. The van der Waals surface area contributed by atoms with Gasteiger partial charge < -0.3 is 40.1 Å². The first-order chi connectivity index (χ1) is 18.8. The zero-order valence-corrected chi connectivity index (χ0v) is 23.6. The number of aromatic hydroxyl groups is 1. The molecule has 0 spiro atoms. The third-order valence-corrected chi connectivity index (χ3v) is 7.94. The van der Waals surface area contributed by atoms with Gasteiger partial charge in [0.2, 0.25) is 6.29 Å². The Kier molecular flexibility index (Phi) is 10.5. The first kappa shape index (κ1) is 31.8. The predicted octanol–water partition coefficient (Wildman–Crippen LogP) is 3.69. The largest absolute Gasteiger partial charge is 0.506 e. The Balaban J connectivity index is 1.90. The topological polar surface area (TPSA) is 174 Å². The Morgan fingerprint density at radius 3 is 2.42 bits per heavy atom. The number of aliphatic hydroxyl groups is 4. The molecule has 222 valence electrons. The van der Waals surface area contributed by atoms with Crippen molar-refractivity contribution in [3.63, 3.8) is 0 Å². The summed E-state index contributed by atoms with van der Waals surface area (Å²) < 4.78 is 11.6. The highest BCUT2D eigenvalue weighted by Gasteiger charge is 2.55. The summed E-state index contributed by atoms with van der Waals surface area (Å²) in [5.74, 6) is -2.10. The summed E-state index contributed by atoms with van der Waals surface area (Å²) in [6.45, 7) is 6.39. The van der Waals surface area contributed by atoms with Gasteiger partial charge in [-0.1, -0.05) is 52.0 Å². The molecule has 0 aliphatic carbocycles. The van der Waals surface area contributed by atoms with Crippen LogP contribution in [0.15, 0.2) is 18.2 Å². The zero-order chi connectivity index (χ0) is 29.8. The van der Waals surface area contributed by atoms with Crippen molar-refractivity contribution in [2.24, 2.45) is 5.92 Å². The molecule has 0 saturated carbocycles. The van der Waals surface area contributed by atoms with E-state index in [0.29, 0.717) is 12.0 Å². The van der Waals surface area contributed by atoms with E-state index in [1.165, 1.54) is 19.1 Å². The molecule has 1 fully saturated rings. The second-order valence-electron chi connectivity index (χ2n) is 11.1. The van der Waals surface area contributed by atoms with E-state index in [9.17, 15) is 40.2 Å². The number of aliphatic hydroxyl groups excluding tert-OH is 3. The third-order valence-electron chi connectivity index (χ3n) is 7.94. The van der Waals surface area contributed by atoms with Crippen molar-refractivity contribution in [3.05, 3.63) is 34.9 Å². The highest BCUT2D eigenvalue weighted by molar-refractivity contribution is 6.08. The van der Waals surface area contributed by atoms with Crippen molar-refractivity contribution in [1.82, 2.24) is 0 Å². The van der Waals surface area contributed by atoms with Crippen molar-refractivity contribution in [1.29, 1.82) is 0 Å². The number of aromatic carboxylic acids is 1. The van der Waals surface area contributed by atoms with Gasteiger partial charge in [-0.15, -0.1) is 0 Å². The number of phenolic OH excluding ortho intramolecular Hbond substituents is 1. The van der Waals surface area contributed by atoms with Crippen molar-refractivity contribution < 1.29 is 49.7 Å². The monoisotopic (exact) mass is 562 g/mol. The van der Waals surface area contributed by atoms with Gasteiger partial charge in [-0.25, -0.2) is 4.79 Å². The molecule has 1 aliphatic heterocycles. The van der Waals surface area contributed by atoms with Crippen LogP contribution in [0, 0.1) is 12.8 Å². The summed E-state index contributed by atoms with van der Waals surface area (Å²) in [5.41, 5.74) is -1.69. The average molecular weight is 563 g/mol. The van der Waals surface area contributed by atoms with E-state index in [1.54, 1.807) is 6.92 Å². The second-order valence-corrected chi connectivity index (χ2v) is 11.1. The number of aryl methyl sites for hydroxylation is 1. The van der Waals surface area contributed by atoms with Crippen LogP contribution in [0.3, 0.4) is 0 Å². The lowest BCUT2D eigenvalue weighted by Gasteiger charge is -2.48. The van der Waals surface area contributed by atoms with E-state index < -0.39 is 54.3 Å². The number of hydrogen-bond donors (Lipinski definition) is 6. The summed E-state index contributed by atoms with van der Waals surface area (Å²) >= 11 is 0. The van der Waals surface area contributed by atoms with E-state index in [2.05, 4.69) is 6.92 Å². The highest BCUT2D eigenvalue weighted by Crippen LogP contribution is 2.42. The predicted molar refractivity (Wildman–Crippen MR) is 148 cm³/mol. The molecule has 0 radical (unpaired) electrons. The number of carbonyl (C=O) groups is 2. The van der Waals surface area contributed by atoms with Crippen molar-refractivity contribution in [2.75, 3.05) is 6.61 Å². The number of carbonyl (C=O) groups excluding carboxylic acids is 1. The molecule has 10 nitrogen and oxygen atoms in total. The Hall–Kier alpha value is -2.76. The van der Waals surface area contributed by atoms with Gasteiger partial charge in [-0.05, 0) is 55.7 Å². The van der Waals surface area contributed by atoms with Crippen LogP contribution in [-0.2, 0) is 4.74 Å². The molecular formula is C30H42O10. The van der Waals surface area contributed by atoms with Gasteiger partial charge in [0.25, 0.3) is 0 Å². The standard InChI is InChI=1S/C30H42O10/c1-5-6-7-8-9-16(2)10-11-30(38)22(15-31)40-29(26(34)27(30)35)39-21-14-20(28(36)37)13-19-12-17(3)23(18(4)32)25(33)24(19)21/h12-14,16,22,26-27,29,31,33-35,38H,5-11,15H2,1-4H3,(H,36,37)/t16-,22+,26+,27+,29+,30-/m0/s1. The van der Waals surface area contributed by atoms with E-state index in [-0.39, 0.29) is 40.0 Å². The molecule has 0 aromatic heterocycles. The van der Waals surface area contributed by atoms with Crippen LogP contribution in [-0.4, -0.2) is 79.2 Å². The van der Waals surface area contributed by atoms with Gasteiger partial charge >= 0.3 is 5.97 Å². The first-order valence-electron chi connectivity index (χ1n) is 13.9. The minimum absolute atomic E-state index is 0.0179. The normalized spacial score (nSPS) is 25.6. The van der Waals surface area contributed by atoms with Gasteiger partial charge in [0.15, 0.2) is 5.78 Å². The molecule has 1 aliphatic rings. The summed E-state index contributed by atoms with van der Waals surface area (Å²) in [6, 6.07) is 3.96. The number of carboxylic acids is 1. The fraction of sp³-hybridized carbons (Fsp3) is 0.600. The van der Waals surface area contributed by atoms with Crippen molar-refractivity contribution >= 4 is 22.5 Å².